The quantitative estimate of drug-likeness (QED) is 0.216. The monoisotopic (exact) mass is 455 g/mol. The van der Waals surface area contributed by atoms with Crippen LogP contribution in [0.3, 0.4) is 0 Å². The van der Waals surface area contributed by atoms with Gasteiger partial charge in [0.1, 0.15) is 13.2 Å². The average Bonchev–Trinajstić information content (AvgIpc) is 2.64. The van der Waals surface area contributed by atoms with E-state index in [1.54, 1.807) is 0 Å². The highest BCUT2D eigenvalue weighted by Gasteiger charge is 2.36. The predicted octanol–water partition coefficient (Wildman–Crippen LogP) is 0.599. The second kappa shape index (κ2) is 13.4. The van der Waals surface area contributed by atoms with Gasteiger partial charge in [-0.15, -0.1) is 0 Å². The van der Waals surface area contributed by atoms with E-state index in [0.29, 0.717) is 0 Å². The lowest BCUT2D eigenvalue weighted by molar-refractivity contribution is -0.162. The third kappa shape index (κ3) is 13.3. The van der Waals surface area contributed by atoms with Crippen LogP contribution in [0.4, 0.5) is 4.79 Å². The molecule has 1 atom stereocenters. The zero-order chi connectivity index (χ0) is 23.4. The highest BCUT2D eigenvalue weighted by molar-refractivity contribution is 7.86. The first-order chi connectivity index (χ1) is 13.8. The smallest absolute Gasteiger partial charge is 0.460 e. The largest absolute Gasteiger partial charge is 0.508 e. The van der Waals surface area contributed by atoms with Crippen molar-refractivity contribution in [1.82, 2.24) is 5.32 Å². The molecule has 0 heterocycles. The number of rotatable bonds is 14. The molecule has 0 aromatic rings. The van der Waals surface area contributed by atoms with Gasteiger partial charge in [0.15, 0.2) is 6.10 Å². The Kier molecular flexibility index (Phi) is 12.5. The molecule has 0 saturated heterocycles. The van der Waals surface area contributed by atoms with Crippen LogP contribution in [0.2, 0.25) is 0 Å². The lowest BCUT2D eigenvalue weighted by atomic mass is 9.88. The molecule has 0 radical (unpaired) electrons. The van der Waals surface area contributed by atoms with Crippen molar-refractivity contribution in [2.24, 2.45) is 11.3 Å². The van der Waals surface area contributed by atoms with Crippen molar-refractivity contribution in [3.63, 3.8) is 0 Å². The number of carbonyl (C=O) groups is 3. The van der Waals surface area contributed by atoms with Gasteiger partial charge < -0.3 is 24.6 Å². The Balaban J connectivity index is 4.30. The molecule has 2 N–H and O–H groups in total. The molecule has 0 aliphatic carbocycles. The van der Waals surface area contributed by atoms with E-state index >= 15 is 0 Å². The molecule has 0 aromatic carbocycles. The molecule has 1 amide bonds. The summed E-state index contributed by atoms with van der Waals surface area (Å²) in [5, 5.41) is 12.6. The number of carbonyl (C=O) groups excluding carboxylic acids is 3. The number of amides is 1. The molecule has 30 heavy (non-hydrogen) atoms. The minimum atomic E-state index is -3.90. The third-order valence-corrected chi connectivity index (χ3v) is 4.87. The van der Waals surface area contributed by atoms with E-state index in [-0.39, 0.29) is 50.4 Å². The van der Waals surface area contributed by atoms with Crippen molar-refractivity contribution in [3.8, 4) is 0 Å². The molecule has 176 valence electrons. The molecule has 11 nitrogen and oxygen atoms in total. The number of hydrogen-bond acceptors (Lipinski definition) is 10. The Morgan fingerprint density at radius 1 is 1.07 bits per heavy atom. The Morgan fingerprint density at radius 2 is 1.67 bits per heavy atom. The first-order valence-electron chi connectivity index (χ1n) is 9.52. The van der Waals surface area contributed by atoms with Crippen LogP contribution in [-0.2, 0) is 38.1 Å². The lowest BCUT2D eigenvalue weighted by Gasteiger charge is -2.28. The standard InChI is InChI=1S/C18H33NO10S/c1-13(2)11-28-17(23)27-9-8-26-16(22)15(21)18(4,5)12-29-30(24,25)10-6-7-19-14(3)20/h13,15,21H,6-12H2,1-5H3,(H,19,20)/t15-/m0/s1. The maximum absolute atomic E-state index is 12.0. The average molecular weight is 456 g/mol. The summed E-state index contributed by atoms with van der Waals surface area (Å²) in [5.41, 5.74) is -1.27. The number of ether oxygens (including phenoxy) is 3. The van der Waals surface area contributed by atoms with Crippen LogP contribution in [0.5, 0.6) is 0 Å². The second-order valence-corrected chi connectivity index (χ2v) is 9.48. The van der Waals surface area contributed by atoms with E-state index in [4.69, 9.17) is 18.4 Å². The molecule has 0 aliphatic rings. The number of aliphatic hydroxyl groups is 1. The summed E-state index contributed by atoms with van der Waals surface area (Å²) in [6, 6.07) is 0. The molecule has 0 fully saturated rings. The van der Waals surface area contributed by atoms with Crippen molar-refractivity contribution in [3.05, 3.63) is 0 Å². The topological polar surface area (TPSA) is 155 Å². The maximum Gasteiger partial charge on any atom is 0.508 e. The number of aliphatic hydroxyl groups excluding tert-OH is 1. The molecule has 0 bridgehead atoms. The second-order valence-electron chi connectivity index (χ2n) is 7.72. The first-order valence-corrected chi connectivity index (χ1v) is 11.1. The van der Waals surface area contributed by atoms with Gasteiger partial charge >= 0.3 is 12.1 Å². The molecule has 0 unspecified atom stereocenters. The van der Waals surface area contributed by atoms with Crippen LogP contribution >= 0.6 is 0 Å². The van der Waals surface area contributed by atoms with Gasteiger partial charge in [-0.3, -0.25) is 8.98 Å². The summed E-state index contributed by atoms with van der Waals surface area (Å²) in [7, 11) is -3.90. The van der Waals surface area contributed by atoms with Gasteiger partial charge in [0.05, 0.1) is 19.0 Å². The zero-order valence-electron chi connectivity index (χ0n) is 18.1. The number of esters is 1. The van der Waals surface area contributed by atoms with Gasteiger partial charge in [-0.2, -0.15) is 8.42 Å². The van der Waals surface area contributed by atoms with E-state index in [1.165, 1.54) is 20.8 Å². The number of hydrogen-bond donors (Lipinski definition) is 2. The van der Waals surface area contributed by atoms with Crippen molar-refractivity contribution in [2.75, 3.05) is 38.7 Å². The molecule has 0 spiro atoms. The van der Waals surface area contributed by atoms with E-state index in [0.717, 1.165) is 0 Å². The van der Waals surface area contributed by atoms with Crippen molar-refractivity contribution in [1.29, 1.82) is 0 Å². The van der Waals surface area contributed by atoms with Gasteiger partial charge in [0.2, 0.25) is 5.91 Å². The zero-order valence-corrected chi connectivity index (χ0v) is 19.0. The van der Waals surface area contributed by atoms with E-state index in [9.17, 15) is 27.9 Å². The molecule has 0 aromatic heterocycles. The summed E-state index contributed by atoms with van der Waals surface area (Å²) in [6.45, 7) is 7.28. The van der Waals surface area contributed by atoms with Gasteiger partial charge in [-0.25, -0.2) is 9.59 Å². The SMILES string of the molecule is CC(=O)NCCCS(=O)(=O)OCC(C)(C)[C@@H](O)C(=O)OCCOC(=O)OCC(C)C. The molecule has 0 saturated carbocycles. The van der Waals surface area contributed by atoms with Crippen LogP contribution in [0, 0.1) is 11.3 Å². The van der Waals surface area contributed by atoms with Crippen LogP contribution in [0.1, 0.15) is 41.0 Å². The minimum absolute atomic E-state index is 0.149. The summed E-state index contributed by atoms with van der Waals surface area (Å²) in [4.78, 5) is 34.0. The van der Waals surface area contributed by atoms with Crippen LogP contribution in [0.15, 0.2) is 0 Å². The minimum Gasteiger partial charge on any atom is -0.460 e. The molecule has 0 rings (SSSR count). The van der Waals surface area contributed by atoms with Gasteiger partial charge in [0.25, 0.3) is 10.1 Å². The van der Waals surface area contributed by atoms with Crippen molar-refractivity contribution < 1.29 is 46.3 Å². The Bertz CT molecular complexity index is 660. The summed E-state index contributed by atoms with van der Waals surface area (Å²) in [5.74, 6) is -1.45. The van der Waals surface area contributed by atoms with E-state index in [1.807, 2.05) is 13.8 Å². The molecular weight excluding hydrogens is 422 g/mol. The Hall–Kier alpha value is -1.92. The fourth-order valence-corrected chi connectivity index (χ4v) is 2.93. The fraction of sp³-hybridized carbons (Fsp3) is 0.833. The summed E-state index contributed by atoms with van der Waals surface area (Å²) >= 11 is 0. The normalized spacial score (nSPS) is 12.9. The van der Waals surface area contributed by atoms with Crippen LogP contribution in [-0.4, -0.2) is 76.4 Å². The maximum atomic E-state index is 12.0. The van der Waals surface area contributed by atoms with E-state index < -0.39 is 40.4 Å². The molecule has 12 heteroatoms. The van der Waals surface area contributed by atoms with Gasteiger partial charge in [-0.1, -0.05) is 27.7 Å². The highest BCUT2D eigenvalue weighted by Crippen LogP contribution is 2.23. The third-order valence-electron chi connectivity index (χ3n) is 3.60. The van der Waals surface area contributed by atoms with Gasteiger partial charge in [-0.05, 0) is 12.3 Å². The van der Waals surface area contributed by atoms with Crippen LogP contribution < -0.4 is 5.32 Å². The predicted molar refractivity (Wildman–Crippen MR) is 106 cm³/mol. The van der Waals surface area contributed by atoms with E-state index in [2.05, 4.69) is 5.32 Å². The molecule has 0 aliphatic heterocycles. The van der Waals surface area contributed by atoms with Gasteiger partial charge in [0, 0.05) is 18.9 Å². The highest BCUT2D eigenvalue weighted by atomic mass is 32.2. The van der Waals surface area contributed by atoms with Crippen molar-refractivity contribution >= 4 is 28.1 Å². The first kappa shape index (κ1) is 28.1. The fourth-order valence-electron chi connectivity index (χ4n) is 1.83. The Morgan fingerprint density at radius 3 is 2.23 bits per heavy atom. The molecular formula is C18H33NO10S. The lowest BCUT2D eigenvalue weighted by Crippen LogP contribution is -2.42. The summed E-state index contributed by atoms with van der Waals surface area (Å²) in [6.07, 6.45) is -2.40. The number of nitrogens with one attached hydrogen (secondary N) is 1. The Labute approximate surface area is 177 Å². The van der Waals surface area contributed by atoms with Crippen LogP contribution in [0.25, 0.3) is 0 Å². The van der Waals surface area contributed by atoms with Crippen molar-refractivity contribution in [2.45, 2.75) is 47.1 Å². The summed E-state index contributed by atoms with van der Waals surface area (Å²) < 4.78 is 43.0.